The summed E-state index contributed by atoms with van der Waals surface area (Å²) in [5.41, 5.74) is 2.03. The van der Waals surface area contributed by atoms with E-state index in [1.54, 1.807) is 0 Å². The van der Waals surface area contributed by atoms with Crippen LogP contribution in [0, 0.1) is 6.92 Å². The zero-order chi connectivity index (χ0) is 8.27. The van der Waals surface area contributed by atoms with Gasteiger partial charge in [-0.25, -0.2) is 0 Å². The second-order valence-electron chi connectivity index (χ2n) is 2.44. The summed E-state index contributed by atoms with van der Waals surface area (Å²) >= 11 is 0. The number of hydrogen-bond acceptors (Lipinski definition) is 1. The van der Waals surface area contributed by atoms with E-state index in [0.717, 1.165) is 11.1 Å². The van der Waals surface area contributed by atoms with Crippen LogP contribution < -0.4 is 0 Å². The summed E-state index contributed by atoms with van der Waals surface area (Å²) in [5.74, 6) is 0. The molecule has 1 aromatic rings. The summed E-state index contributed by atoms with van der Waals surface area (Å²) in [7, 11) is -2.04. The Morgan fingerprint density at radius 2 is 2.00 bits per heavy atom. The van der Waals surface area contributed by atoms with Gasteiger partial charge in [0.2, 0.25) is 6.16 Å². The Labute approximate surface area is 78.9 Å². The van der Waals surface area contributed by atoms with E-state index in [1.165, 1.54) is 0 Å². The summed E-state index contributed by atoms with van der Waals surface area (Å²) in [6.07, 6.45) is 0.266. The minimum Gasteiger partial charge on any atom is -0.160 e. The summed E-state index contributed by atoms with van der Waals surface area (Å²) < 4.78 is 10.5. The predicted molar refractivity (Wildman–Crippen MR) is 52.0 cm³/mol. The van der Waals surface area contributed by atoms with Crippen molar-refractivity contribution in [3.8, 4) is 0 Å². The fourth-order valence-corrected chi connectivity index (χ4v) is 1.58. The smallest absolute Gasteiger partial charge is 0.160 e. The Hall–Kier alpha value is -0.430. The first-order chi connectivity index (χ1) is 5.20. The van der Waals surface area contributed by atoms with Crippen molar-refractivity contribution in [3.63, 3.8) is 0 Å². The van der Waals surface area contributed by atoms with Crippen LogP contribution in [0.5, 0.6) is 0 Å². The normalized spacial score (nSPS) is 10.3. The lowest BCUT2D eigenvalue weighted by molar-refractivity contribution is 0.502. The molecule has 0 bridgehead atoms. The Kier molecular flexibility index (Phi) is 5.07. The van der Waals surface area contributed by atoms with Crippen molar-refractivity contribution >= 4 is 20.4 Å². The Morgan fingerprint density at radius 1 is 1.42 bits per heavy atom. The minimum atomic E-state index is -2.04. The van der Waals surface area contributed by atoms with E-state index >= 15 is 0 Å². The minimum absolute atomic E-state index is 0. The molecule has 1 N–H and O–H groups in total. The summed E-state index contributed by atoms with van der Waals surface area (Å²) in [5, 5.41) is 0. The fourth-order valence-electron chi connectivity index (χ4n) is 0.933. The molecule has 66 valence electrons. The maximum absolute atomic E-state index is 10.5. The molecule has 1 atom stereocenters. The summed E-state index contributed by atoms with van der Waals surface area (Å²) in [6.45, 7) is 1.94. The standard InChI is InChI=1S/C8H9O2P.ClH/c1-7-4-2-3-5-8(7)6-11(9)10;/h2-5H,6H2,1H3;1H/p+1. The lowest BCUT2D eigenvalue weighted by atomic mass is 10.1. The summed E-state index contributed by atoms with van der Waals surface area (Å²) in [4.78, 5) is 8.64. The molecule has 0 saturated heterocycles. The van der Waals surface area contributed by atoms with Gasteiger partial charge in [0.1, 0.15) is 0 Å². The van der Waals surface area contributed by atoms with E-state index in [1.807, 2.05) is 31.2 Å². The maximum Gasteiger partial charge on any atom is 0.510 e. The highest BCUT2D eigenvalue weighted by atomic mass is 35.5. The van der Waals surface area contributed by atoms with Crippen molar-refractivity contribution in [2.45, 2.75) is 13.1 Å². The molecule has 0 aliphatic heterocycles. The van der Waals surface area contributed by atoms with Crippen molar-refractivity contribution in [2.24, 2.45) is 0 Å². The SMILES string of the molecule is Cc1ccccc1C[P+](=O)O.Cl. The quantitative estimate of drug-likeness (QED) is 0.754. The van der Waals surface area contributed by atoms with Crippen molar-refractivity contribution in [1.82, 2.24) is 0 Å². The summed E-state index contributed by atoms with van der Waals surface area (Å²) in [6, 6.07) is 7.61. The molecular weight excluding hydrogens is 195 g/mol. The van der Waals surface area contributed by atoms with Gasteiger partial charge in [-0.2, -0.15) is 4.89 Å². The van der Waals surface area contributed by atoms with Crippen LogP contribution >= 0.6 is 20.4 Å². The van der Waals surface area contributed by atoms with Gasteiger partial charge in [-0.15, -0.1) is 12.4 Å². The first-order valence-corrected chi connectivity index (χ1v) is 4.78. The Bertz CT molecular complexity index is 276. The van der Waals surface area contributed by atoms with Crippen LogP contribution in [0.1, 0.15) is 11.1 Å². The largest absolute Gasteiger partial charge is 0.510 e. The molecule has 0 aliphatic carbocycles. The van der Waals surface area contributed by atoms with Crippen LogP contribution in [0.3, 0.4) is 0 Å². The average Bonchev–Trinajstić information content (AvgIpc) is 1.93. The second-order valence-corrected chi connectivity index (χ2v) is 3.46. The lowest BCUT2D eigenvalue weighted by Gasteiger charge is -1.95. The monoisotopic (exact) mass is 205 g/mol. The van der Waals surface area contributed by atoms with Gasteiger partial charge in [-0.3, -0.25) is 0 Å². The van der Waals surface area contributed by atoms with E-state index in [4.69, 9.17) is 4.89 Å². The third-order valence-corrected chi connectivity index (χ3v) is 2.18. The van der Waals surface area contributed by atoms with Crippen LogP contribution in [0.25, 0.3) is 0 Å². The molecule has 1 rings (SSSR count). The number of hydrogen-bond donors (Lipinski definition) is 1. The molecule has 0 fully saturated rings. The number of halogens is 1. The molecule has 0 amide bonds. The van der Waals surface area contributed by atoms with E-state index in [2.05, 4.69) is 0 Å². The lowest BCUT2D eigenvalue weighted by Crippen LogP contribution is -1.83. The van der Waals surface area contributed by atoms with Crippen molar-refractivity contribution < 1.29 is 9.46 Å². The van der Waals surface area contributed by atoms with E-state index in [-0.39, 0.29) is 18.6 Å². The molecule has 0 radical (unpaired) electrons. The molecule has 1 aromatic carbocycles. The maximum atomic E-state index is 10.5. The molecule has 0 aliphatic rings. The van der Waals surface area contributed by atoms with Gasteiger partial charge in [0.15, 0.2) is 0 Å². The zero-order valence-corrected chi connectivity index (χ0v) is 8.44. The molecule has 0 saturated carbocycles. The van der Waals surface area contributed by atoms with Gasteiger partial charge in [-0.1, -0.05) is 24.3 Å². The first kappa shape index (κ1) is 11.6. The Morgan fingerprint density at radius 3 is 2.50 bits per heavy atom. The van der Waals surface area contributed by atoms with Gasteiger partial charge in [-0.05, 0) is 17.1 Å². The highest BCUT2D eigenvalue weighted by Gasteiger charge is 2.12. The molecule has 2 nitrogen and oxygen atoms in total. The second kappa shape index (κ2) is 5.26. The van der Waals surface area contributed by atoms with Crippen LogP contribution in [0.15, 0.2) is 24.3 Å². The van der Waals surface area contributed by atoms with E-state index in [0.29, 0.717) is 0 Å². The van der Waals surface area contributed by atoms with Crippen molar-refractivity contribution in [2.75, 3.05) is 0 Å². The number of benzene rings is 1. The highest BCUT2D eigenvalue weighted by molar-refractivity contribution is 7.37. The zero-order valence-electron chi connectivity index (χ0n) is 6.73. The van der Waals surface area contributed by atoms with Crippen molar-refractivity contribution in [1.29, 1.82) is 0 Å². The van der Waals surface area contributed by atoms with Gasteiger partial charge >= 0.3 is 8.03 Å². The average molecular weight is 206 g/mol. The Balaban J connectivity index is 0.00000121. The number of rotatable bonds is 2. The molecular formula is C8H11ClO2P+. The topological polar surface area (TPSA) is 37.3 Å². The predicted octanol–water partition coefficient (Wildman–Crippen LogP) is 2.65. The highest BCUT2D eigenvalue weighted by Crippen LogP contribution is 2.22. The fraction of sp³-hybridized carbons (Fsp3) is 0.250. The van der Waals surface area contributed by atoms with Crippen LogP contribution in [0.2, 0.25) is 0 Å². The third-order valence-electron chi connectivity index (χ3n) is 1.57. The molecule has 4 heteroatoms. The van der Waals surface area contributed by atoms with Crippen molar-refractivity contribution in [3.05, 3.63) is 35.4 Å². The number of aryl methyl sites for hydroxylation is 1. The molecule has 1 unspecified atom stereocenters. The molecule has 0 spiro atoms. The van der Waals surface area contributed by atoms with E-state index < -0.39 is 8.03 Å². The van der Waals surface area contributed by atoms with Gasteiger partial charge in [0, 0.05) is 5.56 Å². The van der Waals surface area contributed by atoms with Gasteiger partial charge in [0.05, 0.1) is 0 Å². The van der Waals surface area contributed by atoms with E-state index in [9.17, 15) is 4.57 Å². The van der Waals surface area contributed by atoms with Crippen LogP contribution in [0.4, 0.5) is 0 Å². The first-order valence-electron chi connectivity index (χ1n) is 3.38. The molecule has 0 aromatic heterocycles. The molecule has 12 heavy (non-hydrogen) atoms. The van der Waals surface area contributed by atoms with Gasteiger partial charge in [0.25, 0.3) is 0 Å². The molecule has 0 heterocycles. The third kappa shape index (κ3) is 3.31. The van der Waals surface area contributed by atoms with Gasteiger partial charge < -0.3 is 0 Å². The van der Waals surface area contributed by atoms with Crippen LogP contribution in [-0.2, 0) is 10.7 Å². The van der Waals surface area contributed by atoms with Crippen LogP contribution in [-0.4, -0.2) is 4.89 Å².